The summed E-state index contributed by atoms with van der Waals surface area (Å²) in [4.78, 5) is 110. The number of imide groups is 1. The number of likely N-dealkylation sites (tertiary alicyclic amines) is 1. The SMILES string of the molecule is CCCC(=O)SCCOP(=O)(OCCSC(=O)CCC)C(F)(F)c1ccc2sc(C(=O)NC3CCCC[C@H]4CC[C@@H](C(=O)N5CC(c6cccc(OCCCCCC#Cc7cccc8c7CN(C7CCC(=O)NC7=O)C8=O)c6)[C@H](C#N)C5)N4C3=O)cc2c1. The van der Waals surface area contributed by atoms with Gasteiger partial charge in [-0.05, 0) is 123 Å². The summed E-state index contributed by atoms with van der Waals surface area (Å²) in [6.45, 7) is 3.90. The van der Waals surface area contributed by atoms with Crippen LogP contribution in [0.2, 0.25) is 0 Å². The van der Waals surface area contributed by atoms with Gasteiger partial charge in [0, 0.05) is 90.2 Å². The van der Waals surface area contributed by atoms with E-state index in [-0.39, 0.29) is 113 Å². The Bertz CT molecular complexity index is 3430. The quantitative estimate of drug-likeness (QED) is 0.0271. The number of alkyl halides is 2. The molecule has 4 fully saturated rings. The smallest absolute Gasteiger partial charge is 0.404 e. The number of carbonyl (C=O) groups is 8. The lowest BCUT2D eigenvalue weighted by molar-refractivity contribution is -0.146. The molecule has 6 atom stereocenters. The van der Waals surface area contributed by atoms with E-state index in [9.17, 15) is 48.2 Å². The van der Waals surface area contributed by atoms with Crippen LogP contribution < -0.4 is 15.4 Å². The molecule has 468 valence electrons. The van der Waals surface area contributed by atoms with Gasteiger partial charge >= 0.3 is 13.3 Å². The van der Waals surface area contributed by atoms with Crippen molar-refractivity contribution < 1.29 is 65.5 Å². The highest BCUT2D eigenvalue weighted by Gasteiger charge is 2.55. The van der Waals surface area contributed by atoms with Gasteiger partial charge in [0.25, 0.3) is 11.8 Å². The molecule has 0 bridgehead atoms. The molecule has 6 amide bonds. The molecular formula is C64H73F2N6O12PS3. The number of halogens is 2. The maximum absolute atomic E-state index is 16.5. The lowest BCUT2D eigenvalue weighted by Gasteiger charge is -2.36. The fraction of sp³-hybridized carbons (Fsp3) is 0.516. The van der Waals surface area contributed by atoms with Crippen LogP contribution in [0, 0.1) is 29.1 Å². The van der Waals surface area contributed by atoms with Gasteiger partial charge < -0.3 is 33.8 Å². The molecule has 0 spiro atoms. The van der Waals surface area contributed by atoms with E-state index < -0.39 is 67.9 Å². The number of unbranched alkanes of at least 4 members (excludes halogenated alkanes) is 3. The number of hydrogen-bond acceptors (Lipinski definition) is 16. The topological polar surface area (TPSA) is 239 Å². The van der Waals surface area contributed by atoms with Gasteiger partial charge in [-0.2, -0.15) is 14.0 Å². The Hall–Kier alpha value is -6.46. The zero-order valence-electron chi connectivity index (χ0n) is 49.4. The van der Waals surface area contributed by atoms with E-state index in [0.717, 1.165) is 89.4 Å². The van der Waals surface area contributed by atoms with Crippen molar-refractivity contribution in [2.75, 3.05) is 44.4 Å². The molecule has 0 radical (unpaired) electrons. The number of ether oxygens (including phenoxy) is 1. The number of rotatable bonds is 25. The predicted molar refractivity (Wildman–Crippen MR) is 332 cm³/mol. The molecular weight excluding hydrogens is 1210 g/mol. The van der Waals surface area contributed by atoms with Crippen LogP contribution in [0.5, 0.6) is 5.75 Å². The van der Waals surface area contributed by atoms with E-state index >= 15 is 8.78 Å². The second kappa shape index (κ2) is 30.4. The minimum absolute atomic E-state index is 0.0302. The van der Waals surface area contributed by atoms with Gasteiger partial charge in [-0.15, -0.1) is 11.3 Å². The summed E-state index contributed by atoms with van der Waals surface area (Å²) in [5.41, 5.74) is -1.95. The summed E-state index contributed by atoms with van der Waals surface area (Å²) in [5, 5.41) is 15.6. The van der Waals surface area contributed by atoms with Crippen LogP contribution in [-0.4, -0.2) is 129 Å². The summed E-state index contributed by atoms with van der Waals surface area (Å²) in [6, 6.07) is 17.7. The number of hydrogen-bond donors (Lipinski definition) is 2. The first-order chi connectivity index (χ1) is 42.4. The Labute approximate surface area is 523 Å². The second-order valence-electron chi connectivity index (χ2n) is 22.7. The van der Waals surface area contributed by atoms with E-state index in [4.69, 9.17) is 13.8 Å². The van der Waals surface area contributed by atoms with E-state index in [2.05, 4.69) is 28.5 Å². The molecule has 3 unspecified atom stereocenters. The molecule has 6 heterocycles. The van der Waals surface area contributed by atoms with Crippen LogP contribution in [0.4, 0.5) is 8.78 Å². The Kier molecular flexibility index (Phi) is 22.8. The number of benzene rings is 3. The molecule has 5 aliphatic heterocycles. The summed E-state index contributed by atoms with van der Waals surface area (Å²) in [6.07, 6.45) is 8.77. The van der Waals surface area contributed by atoms with E-state index in [1.54, 1.807) is 21.9 Å². The predicted octanol–water partition coefficient (Wildman–Crippen LogP) is 10.8. The normalized spacial score (nSPS) is 21.2. The summed E-state index contributed by atoms with van der Waals surface area (Å²) >= 11 is 2.81. The lowest BCUT2D eigenvalue weighted by atomic mass is 9.90. The zero-order chi connectivity index (χ0) is 62.5. The third kappa shape index (κ3) is 15.6. The van der Waals surface area contributed by atoms with E-state index in [0.29, 0.717) is 74.0 Å². The first-order valence-corrected chi connectivity index (χ1v) is 34.7. The number of thioether (sulfide) groups is 2. The molecule has 4 saturated heterocycles. The molecule has 18 nitrogen and oxygen atoms in total. The maximum Gasteiger partial charge on any atom is 0.404 e. The molecule has 88 heavy (non-hydrogen) atoms. The van der Waals surface area contributed by atoms with Gasteiger partial charge in [-0.1, -0.05) is 86.3 Å². The van der Waals surface area contributed by atoms with Crippen LogP contribution in [0.3, 0.4) is 0 Å². The Morgan fingerprint density at radius 1 is 0.852 bits per heavy atom. The molecule has 4 aromatic rings. The minimum atomic E-state index is -5.26. The molecule has 2 N–H and O–H groups in total. The molecule has 3 aromatic carbocycles. The molecule has 9 rings (SSSR count). The van der Waals surface area contributed by atoms with Gasteiger partial charge in [-0.3, -0.25) is 48.2 Å². The largest absolute Gasteiger partial charge is 0.494 e. The maximum atomic E-state index is 16.5. The Balaban J connectivity index is 0.777. The summed E-state index contributed by atoms with van der Waals surface area (Å²) in [7, 11) is -5.26. The van der Waals surface area contributed by atoms with Crippen molar-refractivity contribution in [1.29, 1.82) is 5.26 Å². The van der Waals surface area contributed by atoms with Crippen molar-refractivity contribution in [2.45, 2.75) is 159 Å². The minimum Gasteiger partial charge on any atom is -0.494 e. The number of nitrogens with one attached hydrogen (secondary N) is 2. The fourth-order valence-corrected chi connectivity index (χ4v) is 16.3. The molecule has 24 heteroatoms. The average Bonchev–Trinajstić information content (AvgIpc) is 2.12. The number of thiophene rings is 1. The third-order valence-electron chi connectivity index (χ3n) is 16.6. The van der Waals surface area contributed by atoms with Crippen molar-refractivity contribution in [3.8, 4) is 23.7 Å². The Morgan fingerprint density at radius 2 is 1.59 bits per heavy atom. The van der Waals surface area contributed by atoms with Crippen molar-refractivity contribution >= 4 is 98.2 Å². The van der Waals surface area contributed by atoms with E-state index in [1.807, 2.05) is 44.2 Å². The van der Waals surface area contributed by atoms with Gasteiger partial charge in [0.1, 0.15) is 23.9 Å². The van der Waals surface area contributed by atoms with Gasteiger partial charge in [0.2, 0.25) is 23.6 Å². The lowest BCUT2D eigenvalue weighted by Crippen LogP contribution is -2.56. The first-order valence-electron chi connectivity index (χ1n) is 30.3. The monoisotopic (exact) mass is 1280 g/mol. The number of nitrogens with zero attached hydrogens (tertiary/aromatic N) is 4. The summed E-state index contributed by atoms with van der Waals surface area (Å²) in [5.74, 6) is 3.95. The molecule has 0 aliphatic carbocycles. The van der Waals surface area contributed by atoms with Crippen molar-refractivity contribution in [1.82, 2.24) is 25.3 Å². The Morgan fingerprint density at radius 3 is 2.32 bits per heavy atom. The highest BCUT2D eigenvalue weighted by Crippen LogP contribution is 2.67. The van der Waals surface area contributed by atoms with Crippen molar-refractivity contribution in [3.05, 3.63) is 99.4 Å². The molecule has 5 aliphatic rings. The van der Waals surface area contributed by atoms with Crippen LogP contribution in [0.1, 0.15) is 165 Å². The van der Waals surface area contributed by atoms with Crippen molar-refractivity contribution in [2.24, 2.45) is 5.92 Å². The van der Waals surface area contributed by atoms with Crippen LogP contribution >= 0.6 is 42.5 Å². The van der Waals surface area contributed by atoms with Gasteiger partial charge in [0.05, 0.1) is 36.7 Å². The second-order valence-corrected chi connectivity index (χ2v) is 28.1. The highest BCUT2D eigenvalue weighted by molar-refractivity contribution is 8.13. The van der Waals surface area contributed by atoms with Gasteiger partial charge in [0.15, 0.2) is 10.2 Å². The van der Waals surface area contributed by atoms with E-state index in [1.165, 1.54) is 17.0 Å². The number of nitriles is 1. The number of carbonyl (C=O) groups excluding carboxylic acids is 8. The molecule has 0 saturated carbocycles. The fourth-order valence-electron chi connectivity index (χ4n) is 12.1. The average molecular weight is 1280 g/mol. The highest BCUT2D eigenvalue weighted by atomic mass is 32.2. The third-order valence-corrected chi connectivity index (χ3v) is 21.5. The molecule has 1 aromatic heterocycles. The van der Waals surface area contributed by atoms with Gasteiger partial charge in [-0.25, -0.2) is 0 Å². The zero-order valence-corrected chi connectivity index (χ0v) is 52.7. The van der Waals surface area contributed by atoms with Crippen molar-refractivity contribution in [3.63, 3.8) is 0 Å². The number of fused-ring (bicyclic) bond motifs is 3. The van der Waals surface area contributed by atoms with Crippen LogP contribution in [0.25, 0.3) is 10.1 Å². The van der Waals surface area contributed by atoms with Crippen LogP contribution in [-0.2, 0) is 54.6 Å². The van der Waals surface area contributed by atoms with Crippen LogP contribution in [0.15, 0.2) is 66.7 Å². The number of amides is 6. The number of piperidine rings is 1. The summed E-state index contributed by atoms with van der Waals surface area (Å²) < 4.78 is 64.4. The first kappa shape index (κ1) is 66.0. The standard InChI is InChI=1S/C64H73F2N6O12PS3/c1-3-14-57(74)86-32-30-83-85(81,84-31-33-87-58(75)15-4-2)64(65,66)45-23-27-54-43(34-45)36-55(88-54)60(77)68-51-22-10-9-19-46-24-25-53(72(46)62(51)79)63(80)70-38-44(37-67)49(39-70)42-18-12-20-47(35-42)82-29-11-7-5-6-8-16-41-17-13-21-48-50(41)40-71(61(48)78)52-26-28-56(73)69-59(52)76/h12-13,17-18,20-21,23,27,34-36,44,46,49,51-53H,3-7,9-11,14-15,19,22,24-26,28-33,38-40H2,1-2H3,(H,68,77)(H,69,73,76)/t44-,46+,49?,51?,52?,53+/m1/s1.